The van der Waals surface area contributed by atoms with Gasteiger partial charge in [0.1, 0.15) is 0 Å². The molecule has 26 heavy (non-hydrogen) atoms. The van der Waals surface area contributed by atoms with Crippen molar-refractivity contribution < 1.29 is 0 Å². The molecule has 0 unspecified atom stereocenters. The summed E-state index contributed by atoms with van der Waals surface area (Å²) in [4.78, 5) is 0. The second-order valence-electron chi connectivity index (χ2n) is 7.73. The van der Waals surface area contributed by atoms with Gasteiger partial charge < -0.3 is 0 Å². The van der Waals surface area contributed by atoms with E-state index in [1.54, 1.807) is 0 Å². The molecule has 0 radical (unpaired) electrons. The highest BCUT2D eigenvalue weighted by Crippen LogP contribution is 2.11. The van der Waals surface area contributed by atoms with Gasteiger partial charge >= 0.3 is 0 Å². The van der Waals surface area contributed by atoms with Crippen molar-refractivity contribution in [1.29, 1.82) is 0 Å². The highest BCUT2D eigenvalue weighted by molar-refractivity contribution is 4.81. The second kappa shape index (κ2) is 22.7. The summed E-state index contributed by atoms with van der Waals surface area (Å²) in [7, 11) is 0. The first-order valence-electron chi connectivity index (χ1n) is 12.0. The maximum atomic E-state index is 3.50. The van der Waals surface area contributed by atoms with Crippen LogP contribution in [0.3, 0.4) is 0 Å². The highest BCUT2D eigenvalue weighted by atomic mass is 15.5. The van der Waals surface area contributed by atoms with Gasteiger partial charge in [0.05, 0.1) is 0 Å². The summed E-state index contributed by atoms with van der Waals surface area (Å²) in [5, 5.41) is 2.29. The van der Waals surface area contributed by atoms with Crippen LogP contribution in [0.1, 0.15) is 124 Å². The van der Waals surface area contributed by atoms with Crippen molar-refractivity contribution in [1.82, 2.24) is 10.4 Å². The molecule has 0 rings (SSSR count). The van der Waals surface area contributed by atoms with Crippen molar-refractivity contribution in [3.63, 3.8) is 0 Å². The second-order valence-corrected chi connectivity index (χ2v) is 7.73. The van der Waals surface area contributed by atoms with E-state index in [-0.39, 0.29) is 0 Å². The highest BCUT2D eigenvalue weighted by Gasteiger charge is 1.96. The van der Waals surface area contributed by atoms with Crippen molar-refractivity contribution in [2.24, 2.45) is 0 Å². The molecule has 0 saturated carbocycles. The number of hydrogen-bond acceptors (Lipinski definition) is 2. The van der Waals surface area contributed by atoms with Gasteiger partial charge in [-0.05, 0) is 32.1 Å². The quantitative estimate of drug-likeness (QED) is 0.127. The Morgan fingerprint density at radius 1 is 0.538 bits per heavy atom. The van der Waals surface area contributed by atoms with Crippen LogP contribution in [0.5, 0.6) is 0 Å². The molecular weight excluding hydrogens is 316 g/mol. The van der Waals surface area contributed by atoms with Crippen LogP contribution in [0, 0.1) is 0 Å². The molecule has 1 N–H and O–H groups in total. The maximum absolute atomic E-state index is 3.50. The number of nitrogens with one attached hydrogen (secondary N) is 1. The number of unbranched alkanes of at least 4 members (excludes halogenated alkanes) is 14. The van der Waals surface area contributed by atoms with Gasteiger partial charge in [-0.15, -0.1) is 0 Å². The van der Waals surface area contributed by atoms with Gasteiger partial charge in [0.25, 0.3) is 0 Å². The predicted molar refractivity (Wildman–Crippen MR) is 120 cm³/mol. The lowest BCUT2D eigenvalue weighted by Gasteiger charge is -2.19. The summed E-state index contributed by atoms with van der Waals surface area (Å²) in [6, 6.07) is 0. The van der Waals surface area contributed by atoms with Crippen LogP contribution >= 0.6 is 0 Å². The monoisotopic (exact) mass is 366 g/mol. The number of rotatable bonds is 21. The normalized spacial score (nSPS) is 11.8. The summed E-state index contributed by atoms with van der Waals surface area (Å²) < 4.78 is 0. The number of allylic oxidation sites excluding steroid dienone is 2. The third kappa shape index (κ3) is 20.0. The van der Waals surface area contributed by atoms with E-state index in [1.807, 2.05) is 0 Å². The van der Waals surface area contributed by atoms with E-state index in [9.17, 15) is 0 Å². The average Bonchev–Trinajstić information content (AvgIpc) is 2.66. The Hall–Kier alpha value is -0.340. The molecule has 0 bridgehead atoms. The van der Waals surface area contributed by atoms with Gasteiger partial charge in [0, 0.05) is 19.6 Å². The lowest BCUT2D eigenvalue weighted by atomic mass is 10.1. The van der Waals surface area contributed by atoms with Crippen LogP contribution in [0.4, 0.5) is 0 Å². The van der Waals surface area contributed by atoms with Crippen molar-refractivity contribution in [3.05, 3.63) is 12.2 Å². The zero-order valence-corrected chi connectivity index (χ0v) is 18.5. The lowest BCUT2D eigenvalue weighted by Crippen LogP contribution is -2.38. The summed E-state index contributed by atoms with van der Waals surface area (Å²) >= 11 is 0. The van der Waals surface area contributed by atoms with Crippen LogP contribution in [-0.4, -0.2) is 24.6 Å². The van der Waals surface area contributed by atoms with Gasteiger partial charge in [-0.1, -0.05) is 104 Å². The number of hydrogen-bond donors (Lipinski definition) is 1. The molecule has 2 heteroatoms. The molecule has 0 aliphatic rings. The molecule has 0 saturated heterocycles. The first-order valence-corrected chi connectivity index (χ1v) is 12.0. The van der Waals surface area contributed by atoms with E-state index >= 15 is 0 Å². The zero-order valence-electron chi connectivity index (χ0n) is 18.5. The van der Waals surface area contributed by atoms with Crippen LogP contribution in [0.15, 0.2) is 12.2 Å². The van der Waals surface area contributed by atoms with Crippen LogP contribution in [0.2, 0.25) is 0 Å². The fourth-order valence-electron chi connectivity index (χ4n) is 3.41. The van der Waals surface area contributed by atoms with Gasteiger partial charge in [0.15, 0.2) is 0 Å². The lowest BCUT2D eigenvalue weighted by molar-refractivity contribution is 0.207. The minimum absolute atomic E-state index is 1.10. The number of hydrazine groups is 1. The summed E-state index contributed by atoms with van der Waals surface area (Å²) in [5.74, 6) is 0. The largest absolute Gasteiger partial charge is 0.255 e. The molecule has 0 aromatic carbocycles. The van der Waals surface area contributed by atoms with Crippen molar-refractivity contribution in [2.75, 3.05) is 19.6 Å². The Morgan fingerprint density at radius 2 is 0.962 bits per heavy atom. The van der Waals surface area contributed by atoms with E-state index < -0.39 is 0 Å². The topological polar surface area (TPSA) is 15.3 Å². The Labute approximate surface area is 166 Å². The fourth-order valence-corrected chi connectivity index (χ4v) is 3.41. The molecule has 0 atom stereocenters. The summed E-state index contributed by atoms with van der Waals surface area (Å²) in [6.45, 7) is 10.1. The smallest absolute Gasteiger partial charge is 0.0102 e. The molecule has 156 valence electrons. The molecule has 0 aromatic heterocycles. The first-order chi connectivity index (χ1) is 12.8. The van der Waals surface area contributed by atoms with E-state index in [4.69, 9.17) is 0 Å². The predicted octanol–water partition coefficient (Wildman–Crippen LogP) is 7.65. The Bertz CT molecular complexity index is 271. The first kappa shape index (κ1) is 25.7. The molecule has 0 fully saturated rings. The molecule has 0 heterocycles. The average molecular weight is 367 g/mol. The van der Waals surface area contributed by atoms with E-state index in [1.165, 1.54) is 103 Å². The number of nitrogens with zero attached hydrogens (tertiary/aromatic N) is 1. The molecule has 0 aliphatic heterocycles. The summed E-state index contributed by atoms with van der Waals surface area (Å²) in [5.41, 5.74) is 3.50. The van der Waals surface area contributed by atoms with E-state index in [0.717, 1.165) is 19.6 Å². The maximum Gasteiger partial charge on any atom is 0.0102 e. The minimum atomic E-state index is 1.10. The molecule has 0 amide bonds. The van der Waals surface area contributed by atoms with Crippen LogP contribution in [-0.2, 0) is 0 Å². The van der Waals surface area contributed by atoms with E-state index in [0.29, 0.717) is 0 Å². The SMILES string of the molecule is CCCCCCCCCCC=CCCCCCCCCNN(CC)CC. The minimum Gasteiger partial charge on any atom is -0.255 e. The van der Waals surface area contributed by atoms with Crippen molar-refractivity contribution >= 4 is 0 Å². The Morgan fingerprint density at radius 3 is 1.42 bits per heavy atom. The third-order valence-electron chi connectivity index (χ3n) is 5.29. The van der Waals surface area contributed by atoms with Gasteiger partial charge in [-0.3, -0.25) is 5.43 Å². The van der Waals surface area contributed by atoms with Gasteiger partial charge in [-0.2, -0.15) is 0 Å². The van der Waals surface area contributed by atoms with Gasteiger partial charge in [0.2, 0.25) is 0 Å². The Balaban J connectivity index is 3.13. The molecule has 0 aromatic rings. The van der Waals surface area contributed by atoms with Crippen LogP contribution < -0.4 is 5.43 Å². The molecule has 2 nitrogen and oxygen atoms in total. The summed E-state index contributed by atoms with van der Waals surface area (Å²) in [6.07, 6.45) is 27.2. The molecular formula is C24H50N2. The van der Waals surface area contributed by atoms with Crippen molar-refractivity contribution in [2.45, 2.75) is 124 Å². The standard InChI is InChI=1S/C24H50N2/c1-4-7-8-9-10-11-12-13-14-15-16-17-18-19-20-21-22-23-24-25-26(5-2)6-3/h15-16,25H,4-14,17-24H2,1-3H3. The van der Waals surface area contributed by atoms with Crippen LogP contribution in [0.25, 0.3) is 0 Å². The third-order valence-corrected chi connectivity index (χ3v) is 5.29. The molecule has 0 aliphatic carbocycles. The van der Waals surface area contributed by atoms with E-state index in [2.05, 4.69) is 43.4 Å². The zero-order chi connectivity index (χ0) is 19.1. The molecule has 0 spiro atoms. The fraction of sp³-hybridized carbons (Fsp3) is 0.917. The van der Waals surface area contributed by atoms with Crippen molar-refractivity contribution in [3.8, 4) is 0 Å². The van der Waals surface area contributed by atoms with Gasteiger partial charge in [-0.25, -0.2) is 5.01 Å². The Kier molecular flexibility index (Phi) is 22.4.